The van der Waals surface area contributed by atoms with Crippen LogP contribution in [0.5, 0.6) is 0 Å². The van der Waals surface area contributed by atoms with Crippen LogP contribution in [-0.2, 0) is 6.42 Å². The number of aromatic amines is 1. The second-order valence-corrected chi connectivity index (χ2v) is 4.15. The van der Waals surface area contributed by atoms with Crippen LogP contribution in [0.1, 0.15) is 23.0 Å². The largest absolute Gasteiger partial charge is 0.382 e. The number of hydrogen-bond acceptors (Lipinski definition) is 4. The first-order valence-corrected chi connectivity index (χ1v) is 5.66. The molecule has 0 saturated heterocycles. The maximum Gasteiger partial charge on any atom is 0.269 e. The zero-order valence-corrected chi connectivity index (χ0v) is 10.1. The van der Waals surface area contributed by atoms with Gasteiger partial charge in [-0.15, -0.1) is 0 Å². The third-order valence-corrected chi connectivity index (χ3v) is 2.48. The minimum atomic E-state index is -0.212. The number of anilines is 1. The van der Waals surface area contributed by atoms with Crippen molar-refractivity contribution < 1.29 is 4.79 Å². The van der Waals surface area contributed by atoms with Crippen molar-refractivity contribution in [2.75, 3.05) is 5.73 Å². The summed E-state index contributed by atoms with van der Waals surface area (Å²) in [5, 5.41) is 9.15. The van der Waals surface area contributed by atoms with E-state index in [4.69, 9.17) is 5.73 Å². The van der Waals surface area contributed by atoms with Crippen LogP contribution in [0.25, 0.3) is 0 Å². The van der Waals surface area contributed by atoms with Crippen molar-refractivity contribution in [3.8, 4) is 0 Å². The zero-order chi connectivity index (χ0) is 13.0. The molecule has 2 aromatic heterocycles. The summed E-state index contributed by atoms with van der Waals surface area (Å²) >= 11 is 0. The summed E-state index contributed by atoms with van der Waals surface area (Å²) in [6.07, 6.45) is 4.24. The van der Waals surface area contributed by atoms with E-state index >= 15 is 0 Å². The number of rotatable bonds is 4. The highest BCUT2D eigenvalue weighted by Crippen LogP contribution is 2.03. The molecule has 0 fully saturated rings. The molecule has 18 heavy (non-hydrogen) atoms. The molecule has 4 N–H and O–H groups in total. The van der Waals surface area contributed by atoms with Crippen molar-refractivity contribution in [2.45, 2.75) is 19.4 Å². The summed E-state index contributed by atoms with van der Waals surface area (Å²) in [7, 11) is 0. The van der Waals surface area contributed by atoms with Gasteiger partial charge in [-0.2, -0.15) is 5.10 Å². The standard InChI is InChI=1S/C12H15N5O/c1-8(5-9-3-2-4-14-7-9)15-12(18)10-6-11(13)17-16-10/h2-4,6-8H,5H2,1H3,(H,15,18)(H3,13,16,17). The Labute approximate surface area is 105 Å². The summed E-state index contributed by atoms with van der Waals surface area (Å²) < 4.78 is 0. The van der Waals surface area contributed by atoms with Gasteiger partial charge in [0.2, 0.25) is 0 Å². The van der Waals surface area contributed by atoms with E-state index in [0.29, 0.717) is 11.5 Å². The molecule has 0 radical (unpaired) electrons. The van der Waals surface area contributed by atoms with Gasteiger partial charge in [0.15, 0.2) is 0 Å². The molecule has 1 amide bonds. The molecule has 0 spiro atoms. The summed E-state index contributed by atoms with van der Waals surface area (Å²) in [6, 6.07) is 5.36. The number of nitrogens with one attached hydrogen (secondary N) is 2. The van der Waals surface area contributed by atoms with Crippen LogP contribution in [0.15, 0.2) is 30.6 Å². The van der Waals surface area contributed by atoms with E-state index < -0.39 is 0 Å². The van der Waals surface area contributed by atoms with E-state index in [1.165, 1.54) is 6.07 Å². The van der Waals surface area contributed by atoms with Gasteiger partial charge in [-0.3, -0.25) is 14.9 Å². The topological polar surface area (TPSA) is 96.7 Å². The molecule has 2 rings (SSSR count). The number of nitrogens with two attached hydrogens (primary N) is 1. The van der Waals surface area contributed by atoms with Gasteiger partial charge in [0.05, 0.1) is 0 Å². The highest BCUT2D eigenvalue weighted by Gasteiger charge is 2.12. The van der Waals surface area contributed by atoms with Crippen molar-refractivity contribution in [3.63, 3.8) is 0 Å². The summed E-state index contributed by atoms with van der Waals surface area (Å²) in [5.41, 5.74) is 6.88. The molecule has 0 saturated carbocycles. The van der Waals surface area contributed by atoms with E-state index in [0.717, 1.165) is 12.0 Å². The first kappa shape index (κ1) is 12.1. The van der Waals surface area contributed by atoms with E-state index in [1.54, 1.807) is 12.4 Å². The van der Waals surface area contributed by atoms with Crippen molar-refractivity contribution in [1.29, 1.82) is 0 Å². The van der Waals surface area contributed by atoms with Gasteiger partial charge < -0.3 is 11.1 Å². The van der Waals surface area contributed by atoms with Crippen LogP contribution in [0.4, 0.5) is 5.82 Å². The normalized spacial score (nSPS) is 12.1. The molecule has 0 bridgehead atoms. The number of aromatic nitrogens is 3. The molecule has 0 aliphatic carbocycles. The van der Waals surface area contributed by atoms with Gasteiger partial charge in [0, 0.05) is 24.5 Å². The van der Waals surface area contributed by atoms with Crippen LogP contribution in [0.2, 0.25) is 0 Å². The third-order valence-electron chi connectivity index (χ3n) is 2.48. The molecule has 94 valence electrons. The molecular formula is C12H15N5O. The molecule has 6 heteroatoms. The highest BCUT2D eigenvalue weighted by atomic mass is 16.2. The second kappa shape index (κ2) is 5.31. The SMILES string of the molecule is CC(Cc1cccnc1)NC(=O)c1cc(N)n[nH]1. The van der Waals surface area contributed by atoms with Gasteiger partial charge in [-0.05, 0) is 25.0 Å². The number of amides is 1. The first-order valence-electron chi connectivity index (χ1n) is 5.66. The van der Waals surface area contributed by atoms with Crippen LogP contribution in [0, 0.1) is 0 Å². The van der Waals surface area contributed by atoms with Crippen LogP contribution >= 0.6 is 0 Å². The maximum absolute atomic E-state index is 11.8. The van der Waals surface area contributed by atoms with Gasteiger partial charge in [0.1, 0.15) is 11.5 Å². The number of carbonyl (C=O) groups excluding carboxylic acids is 1. The maximum atomic E-state index is 11.8. The molecule has 0 aliphatic heterocycles. The molecule has 1 atom stereocenters. The van der Waals surface area contributed by atoms with Gasteiger partial charge in [-0.1, -0.05) is 6.07 Å². The van der Waals surface area contributed by atoms with Gasteiger partial charge in [0.25, 0.3) is 5.91 Å². The monoisotopic (exact) mass is 245 g/mol. The van der Waals surface area contributed by atoms with Crippen LogP contribution in [0.3, 0.4) is 0 Å². The third kappa shape index (κ3) is 3.07. The summed E-state index contributed by atoms with van der Waals surface area (Å²) in [5.74, 6) is 0.0932. The van der Waals surface area contributed by atoms with Crippen molar-refractivity contribution in [3.05, 3.63) is 41.9 Å². The Morgan fingerprint density at radius 3 is 3.06 bits per heavy atom. The Balaban J connectivity index is 1.92. The fraction of sp³-hybridized carbons (Fsp3) is 0.250. The Kier molecular flexibility index (Phi) is 3.57. The Morgan fingerprint density at radius 1 is 1.61 bits per heavy atom. The van der Waals surface area contributed by atoms with Crippen LogP contribution in [-0.4, -0.2) is 27.1 Å². The molecule has 2 aromatic rings. The number of hydrogen-bond donors (Lipinski definition) is 3. The number of pyridine rings is 1. The lowest BCUT2D eigenvalue weighted by atomic mass is 10.1. The minimum absolute atomic E-state index is 0.00576. The van der Waals surface area contributed by atoms with E-state index in [2.05, 4.69) is 20.5 Å². The quantitative estimate of drug-likeness (QED) is 0.740. The van der Waals surface area contributed by atoms with E-state index in [-0.39, 0.29) is 11.9 Å². The van der Waals surface area contributed by atoms with Crippen LogP contribution < -0.4 is 11.1 Å². The highest BCUT2D eigenvalue weighted by molar-refractivity contribution is 5.93. The molecule has 6 nitrogen and oxygen atoms in total. The van der Waals surface area contributed by atoms with E-state index in [9.17, 15) is 4.79 Å². The van der Waals surface area contributed by atoms with Crippen molar-refractivity contribution >= 4 is 11.7 Å². The minimum Gasteiger partial charge on any atom is -0.382 e. The predicted molar refractivity (Wildman–Crippen MR) is 67.9 cm³/mol. The molecule has 1 unspecified atom stereocenters. The number of carbonyl (C=O) groups is 1. The Morgan fingerprint density at radius 2 is 2.44 bits per heavy atom. The predicted octanol–water partition coefficient (Wildman–Crippen LogP) is 0.748. The number of nitrogens with zero attached hydrogens (tertiary/aromatic N) is 2. The molecule has 0 aliphatic rings. The lowest BCUT2D eigenvalue weighted by molar-refractivity contribution is 0.0935. The van der Waals surface area contributed by atoms with Crippen molar-refractivity contribution in [2.24, 2.45) is 0 Å². The average molecular weight is 245 g/mol. The lowest BCUT2D eigenvalue weighted by Gasteiger charge is -2.12. The molecule has 2 heterocycles. The van der Waals surface area contributed by atoms with Crippen molar-refractivity contribution in [1.82, 2.24) is 20.5 Å². The number of nitrogen functional groups attached to an aromatic ring is 1. The number of H-pyrrole nitrogens is 1. The zero-order valence-electron chi connectivity index (χ0n) is 10.1. The summed E-state index contributed by atoms with van der Waals surface area (Å²) in [6.45, 7) is 1.94. The lowest BCUT2D eigenvalue weighted by Crippen LogP contribution is -2.34. The second-order valence-electron chi connectivity index (χ2n) is 4.15. The molecule has 0 aromatic carbocycles. The summed E-state index contributed by atoms with van der Waals surface area (Å²) in [4.78, 5) is 15.8. The fourth-order valence-electron chi connectivity index (χ4n) is 1.68. The van der Waals surface area contributed by atoms with E-state index in [1.807, 2.05) is 19.1 Å². The van der Waals surface area contributed by atoms with Gasteiger partial charge >= 0.3 is 0 Å². The van der Waals surface area contributed by atoms with Gasteiger partial charge in [-0.25, -0.2) is 0 Å². The average Bonchev–Trinajstić information content (AvgIpc) is 2.77. The molecular weight excluding hydrogens is 230 g/mol. The smallest absolute Gasteiger partial charge is 0.269 e. The Bertz CT molecular complexity index is 522. The first-order chi connectivity index (χ1) is 8.65. The Hall–Kier alpha value is -2.37. The fourth-order valence-corrected chi connectivity index (χ4v) is 1.68.